The van der Waals surface area contributed by atoms with Gasteiger partial charge in [-0.05, 0) is 44.3 Å². The molecule has 0 aliphatic carbocycles. The van der Waals surface area contributed by atoms with Gasteiger partial charge in [-0.1, -0.05) is 42.5 Å². The largest absolute Gasteiger partial charge is 0.366 e. The van der Waals surface area contributed by atoms with Gasteiger partial charge in [0.2, 0.25) is 0 Å². The summed E-state index contributed by atoms with van der Waals surface area (Å²) in [6, 6.07) is 11.4. The fourth-order valence-corrected chi connectivity index (χ4v) is 3.79. The topological polar surface area (TPSA) is 6.48 Å². The Labute approximate surface area is 127 Å². The first-order valence-electron chi connectivity index (χ1n) is 7.91. The van der Waals surface area contributed by atoms with E-state index in [4.69, 9.17) is 12.2 Å². The van der Waals surface area contributed by atoms with Crippen molar-refractivity contribution in [3.63, 3.8) is 0 Å². The zero-order chi connectivity index (χ0) is 13.8. The SMILES string of the molecule is S=C(CC(c1ccccc1)N1CCCC1)N1CCCC1. The van der Waals surface area contributed by atoms with Crippen molar-refractivity contribution in [2.24, 2.45) is 0 Å². The molecule has 1 unspecified atom stereocenters. The summed E-state index contributed by atoms with van der Waals surface area (Å²) >= 11 is 5.72. The minimum atomic E-state index is 0.479. The minimum absolute atomic E-state index is 0.479. The molecule has 0 N–H and O–H groups in total. The third-order valence-electron chi connectivity index (χ3n) is 4.59. The molecule has 0 radical (unpaired) electrons. The summed E-state index contributed by atoms with van der Waals surface area (Å²) in [4.78, 5) is 6.21. The maximum atomic E-state index is 5.72. The third-order valence-corrected chi connectivity index (χ3v) is 5.02. The molecular weight excluding hydrogens is 264 g/mol. The molecule has 1 atom stereocenters. The van der Waals surface area contributed by atoms with E-state index in [1.807, 2.05) is 0 Å². The summed E-state index contributed by atoms with van der Waals surface area (Å²) in [7, 11) is 0. The second-order valence-corrected chi connectivity index (χ2v) is 6.43. The number of rotatable bonds is 4. The standard InChI is InChI=1S/C17H24N2S/c20-17(19-12-6-7-13-19)14-16(18-10-4-5-11-18)15-8-2-1-3-9-15/h1-3,8-9,16H,4-7,10-14H2. The van der Waals surface area contributed by atoms with Crippen LogP contribution in [0.5, 0.6) is 0 Å². The lowest BCUT2D eigenvalue weighted by Crippen LogP contribution is -2.33. The van der Waals surface area contributed by atoms with Crippen molar-refractivity contribution in [3.05, 3.63) is 35.9 Å². The summed E-state index contributed by atoms with van der Waals surface area (Å²) in [6.45, 7) is 4.78. The minimum Gasteiger partial charge on any atom is -0.366 e. The Morgan fingerprint density at radius 1 is 0.950 bits per heavy atom. The van der Waals surface area contributed by atoms with Crippen LogP contribution in [0.2, 0.25) is 0 Å². The van der Waals surface area contributed by atoms with Crippen LogP contribution in [-0.2, 0) is 0 Å². The lowest BCUT2D eigenvalue weighted by Gasteiger charge is -2.30. The van der Waals surface area contributed by atoms with Crippen molar-refractivity contribution < 1.29 is 0 Å². The number of hydrogen-bond acceptors (Lipinski definition) is 2. The van der Waals surface area contributed by atoms with Gasteiger partial charge in [0.25, 0.3) is 0 Å². The van der Waals surface area contributed by atoms with Crippen LogP contribution in [0.1, 0.15) is 43.7 Å². The van der Waals surface area contributed by atoms with Crippen LogP contribution in [0, 0.1) is 0 Å². The van der Waals surface area contributed by atoms with E-state index in [-0.39, 0.29) is 0 Å². The Kier molecular flexibility index (Phi) is 4.69. The van der Waals surface area contributed by atoms with Gasteiger partial charge in [0.15, 0.2) is 0 Å². The first-order valence-corrected chi connectivity index (χ1v) is 8.32. The molecule has 108 valence electrons. The normalized spacial score (nSPS) is 21.3. The highest BCUT2D eigenvalue weighted by atomic mass is 32.1. The van der Waals surface area contributed by atoms with Crippen LogP contribution in [0.25, 0.3) is 0 Å². The van der Waals surface area contributed by atoms with Crippen molar-refractivity contribution >= 4 is 17.2 Å². The van der Waals surface area contributed by atoms with Gasteiger partial charge in [-0.3, -0.25) is 4.90 Å². The van der Waals surface area contributed by atoms with Crippen molar-refractivity contribution in [2.45, 2.75) is 38.1 Å². The molecule has 3 rings (SSSR count). The molecule has 2 fully saturated rings. The molecule has 3 heteroatoms. The zero-order valence-corrected chi connectivity index (χ0v) is 12.9. The monoisotopic (exact) mass is 288 g/mol. The number of thiocarbonyl (C=S) groups is 1. The van der Waals surface area contributed by atoms with Crippen LogP contribution >= 0.6 is 12.2 Å². The fraction of sp³-hybridized carbons (Fsp3) is 0.588. The molecule has 0 amide bonds. The van der Waals surface area contributed by atoms with Gasteiger partial charge in [0.05, 0.1) is 4.99 Å². The van der Waals surface area contributed by atoms with E-state index in [0.717, 1.165) is 6.42 Å². The number of nitrogens with zero attached hydrogens (tertiary/aromatic N) is 2. The molecule has 2 heterocycles. The highest BCUT2D eigenvalue weighted by Gasteiger charge is 2.26. The van der Waals surface area contributed by atoms with Gasteiger partial charge in [0, 0.05) is 25.6 Å². The zero-order valence-electron chi connectivity index (χ0n) is 12.1. The van der Waals surface area contributed by atoms with Gasteiger partial charge >= 0.3 is 0 Å². The summed E-state index contributed by atoms with van der Waals surface area (Å²) < 4.78 is 0. The molecule has 2 aliphatic rings. The van der Waals surface area contributed by atoms with Crippen LogP contribution in [0.4, 0.5) is 0 Å². The average molecular weight is 288 g/mol. The first-order chi connectivity index (χ1) is 9.84. The van der Waals surface area contributed by atoms with Gasteiger partial charge in [0.1, 0.15) is 0 Å². The predicted octanol–water partition coefficient (Wildman–Crippen LogP) is 3.64. The highest BCUT2D eigenvalue weighted by molar-refractivity contribution is 7.80. The summed E-state index contributed by atoms with van der Waals surface area (Å²) in [5.41, 5.74) is 1.43. The fourth-order valence-electron chi connectivity index (χ4n) is 3.45. The number of benzene rings is 1. The quantitative estimate of drug-likeness (QED) is 0.781. The summed E-state index contributed by atoms with van der Waals surface area (Å²) in [5.74, 6) is 0. The summed E-state index contributed by atoms with van der Waals surface area (Å²) in [5, 5.41) is 0. The van der Waals surface area contributed by atoms with E-state index in [9.17, 15) is 0 Å². The Morgan fingerprint density at radius 3 is 2.20 bits per heavy atom. The van der Waals surface area contributed by atoms with Gasteiger partial charge < -0.3 is 4.90 Å². The van der Waals surface area contributed by atoms with Gasteiger partial charge in [-0.2, -0.15) is 0 Å². The molecule has 1 aromatic carbocycles. The second-order valence-electron chi connectivity index (χ2n) is 5.96. The smallest absolute Gasteiger partial charge is 0.0798 e. The summed E-state index contributed by atoms with van der Waals surface area (Å²) in [6.07, 6.45) is 6.29. The van der Waals surface area contributed by atoms with E-state index in [2.05, 4.69) is 40.1 Å². The van der Waals surface area contributed by atoms with Crippen molar-refractivity contribution in [3.8, 4) is 0 Å². The van der Waals surface area contributed by atoms with E-state index in [0.29, 0.717) is 6.04 Å². The van der Waals surface area contributed by atoms with Gasteiger partial charge in [-0.25, -0.2) is 0 Å². The van der Waals surface area contributed by atoms with Crippen LogP contribution in [0.3, 0.4) is 0 Å². The Hall–Kier alpha value is -0.930. The number of likely N-dealkylation sites (tertiary alicyclic amines) is 2. The van der Waals surface area contributed by atoms with Crippen LogP contribution in [0.15, 0.2) is 30.3 Å². The molecule has 0 aromatic heterocycles. The number of hydrogen-bond donors (Lipinski definition) is 0. The third kappa shape index (κ3) is 3.21. The maximum absolute atomic E-state index is 5.72. The van der Waals surface area contributed by atoms with Crippen molar-refractivity contribution in [1.29, 1.82) is 0 Å². The molecule has 0 saturated carbocycles. The molecular formula is C17H24N2S. The first kappa shape index (κ1) is 14.0. The molecule has 2 saturated heterocycles. The molecule has 0 spiro atoms. The van der Waals surface area contributed by atoms with Gasteiger partial charge in [-0.15, -0.1) is 0 Å². The lowest BCUT2D eigenvalue weighted by molar-refractivity contribution is 0.248. The van der Waals surface area contributed by atoms with Crippen molar-refractivity contribution in [2.75, 3.05) is 26.2 Å². The lowest BCUT2D eigenvalue weighted by atomic mass is 10.0. The van der Waals surface area contributed by atoms with E-state index >= 15 is 0 Å². The van der Waals surface area contributed by atoms with Crippen LogP contribution < -0.4 is 0 Å². The van der Waals surface area contributed by atoms with E-state index in [1.165, 1.54) is 62.4 Å². The molecule has 1 aromatic rings. The average Bonchev–Trinajstić information content (AvgIpc) is 3.18. The molecule has 20 heavy (non-hydrogen) atoms. The van der Waals surface area contributed by atoms with Crippen molar-refractivity contribution in [1.82, 2.24) is 9.80 Å². The highest BCUT2D eigenvalue weighted by Crippen LogP contribution is 2.29. The Bertz CT molecular complexity index is 434. The van der Waals surface area contributed by atoms with Crippen LogP contribution in [-0.4, -0.2) is 41.0 Å². The second kappa shape index (κ2) is 6.68. The predicted molar refractivity (Wildman–Crippen MR) is 88.0 cm³/mol. The van der Waals surface area contributed by atoms with E-state index < -0.39 is 0 Å². The molecule has 0 bridgehead atoms. The molecule has 2 nitrogen and oxygen atoms in total. The Balaban J connectivity index is 1.73. The Morgan fingerprint density at radius 2 is 1.55 bits per heavy atom. The maximum Gasteiger partial charge on any atom is 0.0798 e. The van der Waals surface area contributed by atoms with E-state index in [1.54, 1.807) is 0 Å². The molecule has 2 aliphatic heterocycles.